The standard InChI is InChI=1S/C26H25F2N5O3/c1-14-11-30-25(26(4,5)35)32-22(14)17-7-6-8-19(9-17)33-16(3)31-23(15(2)24(33)34)36-13-21-20(28)10-18(27)12-29-21/h6-12,35H,13H2,1-5H3. The number of ether oxygens (including phenoxy) is 1. The lowest BCUT2D eigenvalue weighted by atomic mass is 10.0. The molecule has 3 aromatic heterocycles. The number of halogens is 2. The minimum absolute atomic E-state index is 0.0388. The monoisotopic (exact) mass is 493 g/mol. The number of aromatic nitrogens is 5. The Kier molecular flexibility index (Phi) is 6.64. The number of aliphatic hydroxyl groups is 1. The zero-order valence-electron chi connectivity index (χ0n) is 20.5. The van der Waals surface area contributed by atoms with Gasteiger partial charge in [-0.2, -0.15) is 4.98 Å². The average Bonchev–Trinajstić information content (AvgIpc) is 2.81. The Labute approximate surface area is 206 Å². The van der Waals surface area contributed by atoms with Gasteiger partial charge in [0.2, 0.25) is 5.88 Å². The fourth-order valence-electron chi connectivity index (χ4n) is 3.64. The number of benzene rings is 1. The number of hydrogen-bond acceptors (Lipinski definition) is 7. The van der Waals surface area contributed by atoms with Crippen LogP contribution in [0, 0.1) is 32.4 Å². The van der Waals surface area contributed by atoms with Crippen molar-refractivity contribution in [2.45, 2.75) is 46.8 Å². The zero-order valence-corrected chi connectivity index (χ0v) is 20.5. The van der Waals surface area contributed by atoms with Crippen molar-refractivity contribution < 1.29 is 18.6 Å². The van der Waals surface area contributed by atoms with Gasteiger partial charge in [0, 0.05) is 17.8 Å². The van der Waals surface area contributed by atoms with Crippen molar-refractivity contribution in [3.8, 4) is 22.8 Å². The van der Waals surface area contributed by atoms with Crippen molar-refractivity contribution in [3.05, 3.63) is 93.2 Å². The predicted molar refractivity (Wildman–Crippen MR) is 129 cm³/mol. The third-order valence-electron chi connectivity index (χ3n) is 5.56. The van der Waals surface area contributed by atoms with Crippen LogP contribution in [0.2, 0.25) is 0 Å². The van der Waals surface area contributed by atoms with Crippen molar-refractivity contribution in [1.29, 1.82) is 0 Å². The maximum atomic E-state index is 13.9. The molecule has 36 heavy (non-hydrogen) atoms. The maximum absolute atomic E-state index is 13.9. The van der Waals surface area contributed by atoms with E-state index in [9.17, 15) is 18.7 Å². The summed E-state index contributed by atoms with van der Waals surface area (Å²) in [6.45, 7) is 7.99. The van der Waals surface area contributed by atoms with E-state index in [1.165, 1.54) is 4.57 Å². The van der Waals surface area contributed by atoms with Crippen molar-refractivity contribution in [3.63, 3.8) is 0 Å². The van der Waals surface area contributed by atoms with Gasteiger partial charge in [-0.3, -0.25) is 14.3 Å². The molecule has 4 rings (SSSR count). The minimum atomic E-state index is -1.21. The number of aryl methyl sites for hydroxylation is 2. The van der Waals surface area contributed by atoms with Gasteiger partial charge in [-0.15, -0.1) is 0 Å². The summed E-state index contributed by atoms with van der Waals surface area (Å²) >= 11 is 0. The summed E-state index contributed by atoms with van der Waals surface area (Å²) in [6.07, 6.45) is 2.54. The second-order valence-electron chi connectivity index (χ2n) is 8.94. The van der Waals surface area contributed by atoms with Gasteiger partial charge >= 0.3 is 0 Å². The fraction of sp³-hybridized carbons (Fsp3) is 0.269. The van der Waals surface area contributed by atoms with Gasteiger partial charge in [-0.05, 0) is 52.3 Å². The van der Waals surface area contributed by atoms with Gasteiger partial charge in [0.05, 0.1) is 23.1 Å². The largest absolute Gasteiger partial charge is 0.471 e. The van der Waals surface area contributed by atoms with Gasteiger partial charge < -0.3 is 9.84 Å². The van der Waals surface area contributed by atoms with E-state index in [-0.39, 0.29) is 35.1 Å². The fourth-order valence-corrected chi connectivity index (χ4v) is 3.64. The van der Waals surface area contributed by atoms with Crippen LogP contribution in [0.1, 0.15) is 42.3 Å². The van der Waals surface area contributed by atoms with E-state index in [0.29, 0.717) is 23.3 Å². The highest BCUT2D eigenvalue weighted by Gasteiger charge is 2.21. The summed E-state index contributed by atoms with van der Waals surface area (Å²) in [5.41, 5.74) is 1.28. The maximum Gasteiger partial charge on any atom is 0.264 e. The first kappa shape index (κ1) is 25.1. The molecule has 0 aliphatic rings. The molecule has 1 N–H and O–H groups in total. The third-order valence-corrected chi connectivity index (χ3v) is 5.56. The molecule has 0 unspecified atom stereocenters. The first-order valence-corrected chi connectivity index (χ1v) is 11.2. The van der Waals surface area contributed by atoms with Crippen LogP contribution in [-0.4, -0.2) is 29.6 Å². The SMILES string of the molecule is Cc1cnc(C(C)(C)O)nc1-c1cccc(-n2c(C)nc(OCc3ncc(F)cc3F)c(C)c2=O)c1. The molecule has 8 nitrogen and oxygen atoms in total. The molecule has 0 atom stereocenters. The van der Waals surface area contributed by atoms with Crippen LogP contribution >= 0.6 is 0 Å². The van der Waals surface area contributed by atoms with Crippen molar-refractivity contribution in [2.24, 2.45) is 0 Å². The van der Waals surface area contributed by atoms with Crippen molar-refractivity contribution in [2.75, 3.05) is 0 Å². The van der Waals surface area contributed by atoms with Crippen LogP contribution in [-0.2, 0) is 12.2 Å². The second-order valence-corrected chi connectivity index (χ2v) is 8.94. The quantitative estimate of drug-likeness (QED) is 0.431. The molecule has 0 spiro atoms. The Morgan fingerprint density at radius 3 is 2.50 bits per heavy atom. The number of nitrogens with zero attached hydrogens (tertiary/aromatic N) is 5. The van der Waals surface area contributed by atoms with Crippen LogP contribution in [0.5, 0.6) is 5.88 Å². The molecule has 4 aromatic rings. The first-order valence-electron chi connectivity index (χ1n) is 11.2. The Morgan fingerprint density at radius 2 is 1.81 bits per heavy atom. The Hall–Kier alpha value is -4.05. The molecule has 0 bridgehead atoms. The molecule has 186 valence electrons. The van der Waals surface area contributed by atoms with Crippen LogP contribution in [0.15, 0.2) is 47.5 Å². The Balaban J connectivity index is 1.70. The molecule has 0 saturated carbocycles. The van der Waals surface area contributed by atoms with Crippen LogP contribution < -0.4 is 10.3 Å². The highest BCUT2D eigenvalue weighted by Crippen LogP contribution is 2.26. The molecule has 0 aliphatic carbocycles. The lowest BCUT2D eigenvalue weighted by Gasteiger charge is -2.18. The summed E-state index contributed by atoms with van der Waals surface area (Å²) in [5.74, 6) is -0.964. The molecule has 0 radical (unpaired) electrons. The Morgan fingerprint density at radius 1 is 1.06 bits per heavy atom. The number of pyridine rings is 1. The summed E-state index contributed by atoms with van der Waals surface area (Å²) < 4.78 is 34.0. The summed E-state index contributed by atoms with van der Waals surface area (Å²) in [4.78, 5) is 30.1. The van der Waals surface area contributed by atoms with Gasteiger partial charge in [0.15, 0.2) is 11.6 Å². The Bertz CT molecular complexity index is 1510. The van der Waals surface area contributed by atoms with Crippen LogP contribution in [0.25, 0.3) is 16.9 Å². The van der Waals surface area contributed by atoms with Crippen molar-refractivity contribution >= 4 is 0 Å². The van der Waals surface area contributed by atoms with Gasteiger partial charge in [-0.1, -0.05) is 12.1 Å². The first-order chi connectivity index (χ1) is 17.0. The second kappa shape index (κ2) is 9.54. The van der Waals surface area contributed by atoms with Gasteiger partial charge in [-0.25, -0.2) is 18.7 Å². The smallest absolute Gasteiger partial charge is 0.264 e. The average molecular weight is 494 g/mol. The number of hydrogen-bond donors (Lipinski definition) is 1. The van der Waals surface area contributed by atoms with E-state index in [0.717, 1.165) is 17.3 Å². The lowest BCUT2D eigenvalue weighted by Crippen LogP contribution is -2.25. The molecule has 3 heterocycles. The molecule has 1 aromatic carbocycles. The van der Waals surface area contributed by atoms with Crippen LogP contribution in [0.3, 0.4) is 0 Å². The summed E-state index contributed by atoms with van der Waals surface area (Å²) in [6, 6.07) is 7.94. The van der Waals surface area contributed by atoms with E-state index in [2.05, 4.69) is 19.9 Å². The molecule has 10 heteroatoms. The molecule has 0 saturated heterocycles. The molecular formula is C26H25F2N5O3. The summed E-state index contributed by atoms with van der Waals surface area (Å²) in [5, 5.41) is 10.3. The molecule has 0 aliphatic heterocycles. The highest BCUT2D eigenvalue weighted by atomic mass is 19.1. The van der Waals surface area contributed by atoms with E-state index < -0.39 is 17.2 Å². The molecule has 0 fully saturated rings. The topological polar surface area (TPSA) is 103 Å². The number of rotatable bonds is 6. The minimum Gasteiger partial charge on any atom is -0.471 e. The van der Waals surface area contributed by atoms with Crippen LogP contribution in [0.4, 0.5) is 8.78 Å². The normalized spacial score (nSPS) is 11.6. The van der Waals surface area contributed by atoms with E-state index in [4.69, 9.17) is 4.74 Å². The van der Waals surface area contributed by atoms with E-state index in [1.54, 1.807) is 52.1 Å². The van der Waals surface area contributed by atoms with Gasteiger partial charge in [0.1, 0.15) is 29.5 Å². The highest BCUT2D eigenvalue weighted by molar-refractivity contribution is 5.65. The molecule has 0 amide bonds. The van der Waals surface area contributed by atoms with E-state index in [1.807, 2.05) is 13.0 Å². The van der Waals surface area contributed by atoms with E-state index >= 15 is 0 Å². The summed E-state index contributed by atoms with van der Waals surface area (Å²) in [7, 11) is 0. The predicted octanol–water partition coefficient (Wildman–Crippen LogP) is 4.09. The zero-order chi connectivity index (χ0) is 26.2. The third kappa shape index (κ3) is 4.99. The van der Waals surface area contributed by atoms with Gasteiger partial charge in [0.25, 0.3) is 5.56 Å². The van der Waals surface area contributed by atoms with Crippen molar-refractivity contribution in [1.82, 2.24) is 24.5 Å². The lowest BCUT2D eigenvalue weighted by molar-refractivity contribution is 0.0688. The molecular weight excluding hydrogens is 468 g/mol.